The Morgan fingerprint density at radius 2 is 2.10 bits per heavy atom. The molecule has 1 fully saturated rings. The number of nitrogens with one attached hydrogen (secondary N) is 2. The maximum Gasteiger partial charge on any atom is 0.252 e. The van der Waals surface area contributed by atoms with Gasteiger partial charge in [0.1, 0.15) is 0 Å². The fraction of sp³-hybridized carbons (Fsp3) is 0.333. The second-order valence-electron chi connectivity index (χ2n) is 4.99. The number of aryl methyl sites for hydroxylation is 1. The van der Waals surface area contributed by atoms with Crippen LogP contribution in [0.15, 0.2) is 30.3 Å². The van der Waals surface area contributed by atoms with E-state index in [2.05, 4.69) is 15.6 Å². The molecule has 1 amide bonds. The van der Waals surface area contributed by atoms with Crippen LogP contribution in [0.4, 0.5) is 0 Å². The van der Waals surface area contributed by atoms with Crippen LogP contribution in [0.2, 0.25) is 0 Å². The highest BCUT2D eigenvalue weighted by Gasteiger charge is 2.19. The van der Waals surface area contributed by atoms with Crippen molar-refractivity contribution in [1.82, 2.24) is 15.6 Å². The number of halogens is 2. The zero-order valence-corrected chi connectivity index (χ0v) is 13.4. The van der Waals surface area contributed by atoms with E-state index in [0.29, 0.717) is 0 Å². The summed E-state index contributed by atoms with van der Waals surface area (Å²) in [6.07, 6.45) is 0.994. The minimum absolute atomic E-state index is 0. The maximum atomic E-state index is 12.4. The molecule has 114 valence electrons. The fourth-order valence-corrected chi connectivity index (χ4v) is 2.54. The summed E-state index contributed by atoms with van der Waals surface area (Å²) in [7, 11) is 0. The topological polar surface area (TPSA) is 54.0 Å². The Kier molecular flexibility index (Phi) is 6.40. The molecule has 1 saturated heterocycles. The summed E-state index contributed by atoms with van der Waals surface area (Å²) in [5.74, 6) is -0.00426. The second-order valence-corrected chi connectivity index (χ2v) is 4.99. The Hall–Kier alpha value is -1.36. The minimum Gasteiger partial charge on any atom is -0.348 e. The molecule has 2 aromatic rings. The van der Waals surface area contributed by atoms with Gasteiger partial charge in [0.25, 0.3) is 5.91 Å². The summed E-state index contributed by atoms with van der Waals surface area (Å²) in [6.45, 7) is 3.75. The van der Waals surface area contributed by atoms with Gasteiger partial charge < -0.3 is 10.6 Å². The molecule has 0 radical (unpaired) electrons. The number of amides is 1. The van der Waals surface area contributed by atoms with Gasteiger partial charge in [-0.3, -0.25) is 9.78 Å². The van der Waals surface area contributed by atoms with Crippen LogP contribution < -0.4 is 10.6 Å². The Morgan fingerprint density at radius 1 is 1.33 bits per heavy atom. The SMILES string of the molecule is Cc1cc(C(=O)NC2CCNC2)c2ccccc2n1.Cl.Cl. The molecule has 1 aliphatic heterocycles. The third-order valence-electron chi connectivity index (χ3n) is 3.48. The number of hydrogen-bond donors (Lipinski definition) is 2. The van der Waals surface area contributed by atoms with Gasteiger partial charge in [0.2, 0.25) is 0 Å². The Morgan fingerprint density at radius 3 is 2.81 bits per heavy atom. The highest BCUT2D eigenvalue weighted by Crippen LogP contribution is 2.18. The maximum absolute atomic E-state index is 12.4. The van der Waals surface area contributed by atoms with Crippen LogP contribution in [-0.2, 0) is 0 Å². The van der Waals surface area contributed by atoms with Gasteiger partial charge in [0.15, 0.2) is 0 Å². The lowest BCUT2D eigenvalue weighted by Crippen LogP contribution is -2.36. The Labute approximate surface area is 136 Å². The average Bonchev–Trinajstić information content (AvgIpc) is 2.90. The number of fused-ring (bicyclic) bond motifs is 1. The second kappa shape index (κ2) is 7.59. The summed E-state index contributed by atoms with van der Waals surface area (Å²) in [5, 5.41) is 7.25. The van der Waals surface area contributed by atoms with E-state index >= 15 is 0 Å². The number of aromatic nitrogens is 1. The largest absolute Gasteiger partial charge is 0.348 e. The van der Waals surface area contributed by atoms with Crippen LogP contribution in [0.3, 0.4) is 0 Å². The van der Waals surface area contributed by atoms with Gasteiger partial charge in [-0.25, -0.2) is 0 Å². The lowest BCUT2D eigenvalue weighted by molar-refractivity contribution is 0.0941. The molecule has 1 aliphatic rings. The molecule has 1 aromatic heterocycles. The summed E-state index contributed by atoms with van der Waals surface area (Å²) in [6, 6.07) is 9.87. The average molecular weight is 328 g/mol. The molecule has 1 atom stereocenters. The van der Waals surface area contributed by atoms with Crippen molar-refractivity contribution in [2.45, 2.75) is 19.4 Å². The first-order valence-corrected chi connectivity index (χ1v) is 6.62. The van der Waals surface area contributed by atoms with Gasteiger partial charge >= 0.3 is 0 Å². The van der Waals surface area contributed by atoms with Crippen molar-refractivity contribution in [3.8, 4) is 0 Å². The molecule has 4 nitrogen and oxygen atoms in total. The molecule has 0 spiro atoms. The van der Waals surface area contributed by atoms with E-state index in [-0.39, 0.29) is 36.8 Å². The van der Waals surface area contributed by atoms with E-state index in [4.69, 9.17) is 0 Å². The number of carbonyl (C=O) groups is 1. The smallest absolute Gasteiger partial charge is 0.252 e. The van der Waals surface area contributed by atoms with Gasteiger partial charge in [-0.1, -0.05) is 18.2 Å². The lowest BCUT2D eigenvalue weighted by Gasteiger charge is -2.13. The van der Waals surface area contributed by atoms with Crippen molar-refractivity contribution in [2.75, 3.05) is 13.1 Å². The first kappa shape index (κ1) is 17.7. The van der Waals surface area contributed by atoms with E-state index in [1.54, 1.807) is 0 Å². The van der Waals surface area contributed by atoms with Crippen molar-refractivity contribution >= 4 is 41.6 Å². The molecule has 3 rings (SSSR count). The number of benzene rings is 1. The normalized spacial score (nSPS) is 16.9. The lowest BCUT2D eigenvalue weighted by atomic mass is 10.1. The van der Waals surface area contributed by atoms with Gasteiger partial charge in [-0.15, -0.1) is 24.8 Å². The first-order valence-electron chi connectivity index (χ1n) is 6.62. The molecule has 0 bridgehead atoms. The summed E-state index contributed by atoms with van der Waals surface area (Å²) in [5.41, 5.74) is 2.46. The van der Waals surface area contributed by atoms with Gasteiger partial charge in [0, 0.05) is 23.7 Å². The van der Waals surface area contributed by atoms with Crippen LogP contribution in [0, 0.1) is 6.92 Å². The third-order valence-corrected chi connectivity index (χ3v) is 3.48. The van der Waals surface area contributed by atoms with Crippen molar-refractivity contribution in [3.63, 3.8) is 0 Å². The Balaban J connectivity index is 0.00000110. The van der Waals surface area contributed by atoms with Gasteiger partial charge in [-0.05, 0) is 32.0 Å². The van der Waals surface area contributed by atoms with Crippen LogP contribution >= 0.6 is 24.8 Å². The third kappa shape index (κ3) is 3.84. The molecule has 0 saturated carbocycles. The van der Waals surface area contributed by atoms with Crippen molar-refractivity contribution < 1.29 is 4.79 Å². The van der Waals surface area contributed by atoms with E-state index in [9.17, 15) is 4.79 Å². The van der Waals surface area contributed by atoms with E-state index < -0.39 is 0 Å². The molecule has 21 heavy (non-hydrogen) atoms. The number of hydrogen-bond acceptors (Lipinski definition) is 3. The van der Waals surface area contributed by atoms with Crippen LogP contribution in [0.25, 0.3) is 10.9 Å². The number of rotatable bonds is 2. The van der Waals surface area contributed by atoms with Crippen molar-refractivity contribution in [2.24, 2.45) is 0 Å². The highest BCUT2D eigenvalue weighted by atomic mass is 35.5. The molecule has 1 aromatic carbocycles. The zero-order valence-electron chi connectivity index (χ0n) is 11.8. The van der Waals surface area contributed by atoms with Gasteiger partial charge in [-0.2, -0.15) is 0 Å². The van der Waals surface area contributed by atoms with Crippen LogP contribution in [0.1, 0.15) is 22.5 Å². The van der Waals surface area contributed by atoms with E-state index in [0.717, 1.165) is 41.7 Å². The van der Waals surface area contributed by atoms with Crippen molar-refractivity contribution in [1.29, 1.82) is 0 Å². The molecule has 2 heterocycles. The summed E-state index contributed by atoms with van der Waals surface area (Å²) >= 11 is 0. The number of pyridine rings is 1. The first-order chi connectivity index (χ1) is 9.24. The summed E-state index contributed by atoms with van der Waals surface area (Å²) < 4.78 is 0. The molecular weight excluding hydrogens is 309 g/mol. The van der Waals surface area contributed by atoms with E-state index in [1.165, 1.54) is 0 Å². The standard InChI is InChI=1S/C15H17N3O.2ClH/c1-10-8-13(12-4-2-3-5-14(12)17-10)15(19)18-11-6-7-16-9-11;;/h2-5,8,11,16H,6-7,9H2,1H3,(H,18,19);2*1H. The Bertz CT molecular complexity index is 627. The quantitative estimate of drug-likeness (QED) is 0.890. The predicted octanol–water partition coefficient (Wildman–Crippen LogP) is 2.48. The fourth-order valence-electron chi connectivity index (χ4n) is 2.54. The summed E-state index contributed by atoms with van der Waals surface area (Å²) in [4.78, 5) is 16.9. The van der Waals surface area contributed by atoms with E-state index in [1.807, 2.05) is 37.3 Å². The monoisotopic (exact) mass is 327 g/mol. The number of carbonyl (C=O) groups excluding carboxylic acids is 1. The molecule has 0 aliphatic carbocycles. The van der Waals surface area contributed by atoms with Crippen LogP contribution in [0.5, 0.6) is 0 Å². The molecular formula is C15H19Cl2N3O. The highest BCUT2D eigenvalue weighted by molar-refractivity contribution is 6.06. The number of nitrogens with zero attached hydrogens (tertiary/aromatic N) is 1. The molecule has 1 unspecified atom stereocenters. The van der Waals surface area contributed by atoms with Crippen LogP contribution in [-0.4, -0.2) is 30.0 Å². The molecule has 2 N–H and O–H groups in total. The number of para-hydroxylation sites is 1. The van der Waals surface area contributed by atoms with Crippen molar-refractivity contribution in [3.05, 3.63) is 41.6 Å². The molecule has 6 heteroatoms. The zero-order chi connectivity index (χ0) is 13.2. The van der Waals surface area contributed by atoms with Gasteiger partial charge in [0.05, 0.1) is 11.1 Å². The predicted molar refractivity (Wildman–Crippen MR) is 89.7 cm³/mol. The minimum atomic E-state index is -0.00426.